The first kappa shape index (κ1) is 21.6. The molecule has 1 amide bonds. The van der Waals surface area contributed by atoms with Gasteiger partial charge in [-0.25, -0.2) is 4.98 Å². The molecule has 164 valence electrons. The Kier molecular flexibility index (Phi) is 7.25. The van der Waals surface area contributed by atoms with Crippen molar-refractivity contribution in [2.45, 2.75) is 44.8 Å². The highest BCUT2D eigenvalue weighted by atomic mass is 35.5. The van der Waals surface area contributed by atoms with Crippen molar-refractivity contribution in [2.24, 2.45) is 0 Å². The average molecular weight is 435 g/mol. The maximum atomic E-state index is 13.5. The van der Waals surface area contributed by atoms with Crippen LogP contribution in [-0.4, -0.2) is 77.7 Å². The Morgan fingerprint density at radius 1 is 1.20 bits per heavy atom. The predicted molar refractivity (Wildman–Crippen MR) is 116 cm³/mol. The quantitative estimate of drug-likeness (QED) is 0.723. The molecule has 2 aliphatic rings. The summed E-state index contributed by atoms with van der Waals surface area (Å²) in [5, 5.41) is 0.623. The number of nitrogens with zero attached hydrogens (tertiary/aromatic N) is 4. The summed E-state index contributed by atoms with van der Waals surface area (Å²) in [5.41, 5.74) is 2.15. The smallest absolute Gasteiger partial charge is 0.274 e. The van der Waals surface area contributed by atoms with E-state index in [0.717, 1.165) is 43.8 Å². The van der Waals surface area contributed by atoms with Gasteiger partial charge < -0.3 is 18.8 Å². The van der Waals surface area contributed by atoms with E-state index in [-0.39, 0.29) is 12.0 Å². The average Bonchev–Trinajstić information content (AvgIpc) is 3.05. The summed E-state index contributed by atoms with van der Waals surface area (Å²) in [4.78, 5) is 22.3. The van der Waals surface area contributed by atoms with Crippen molar-refractivity contribution < 1.29 is 14.3 Å². The summed E-state index contributed by atoms with van der Waals surface area (Å²) >= 11 is 6.27. The van der Waals surface area contributed by atoms with Gasteiger partial charge in [-0.2, -0.15) is 0 Å². The molecule has 0 radical (unpaired) electrons. The molecular weight excluding hydrogens is 404 g/mol. The number of halogens is 1. The second-order valence-electron chi connectivity index (χ2n) is 8.31. The van der Waals surface area contributed by atoms with E-state index in [9.17, 15) is 4.79 Å². The highest BCUT2D eigenvalue weighted by molar-refractivity contribution is 6.30. The van der Waals surface area contributed by atoms with Crippen molar-refractivity contribution in [3.63, 3.8) is 0 Å². The summed E-state index contributed by atoms with van der Waals surface area (Å²) < 4.78 is 13.3. The zero-order chi connectivity index (χ0) is 20.9. The Morgan fingerprint density at radius 3 is 2.70 bits per heavy atom. The lowest BCUT2D eigenvalue weighted by molar-refractivity contribution is -0.0963. The van der Waals surface area contributed by atoms with Crippen LogP contribution in [0.3, 0.4) is 0 Å². The molecule has 4 heterocycles. The standard InChI is InChI=1S/C22H31ClN4O3/c1-25(14-18-16-29-11-12-30-18)15-19-21(24-20-8-7-17(23)13-27(19)20)22(28)26-9-5-3-2-4-6-10-26/h7-8,13,18H,2-6,9-12,14-16H2,1H3. The van der Waals surface area contributed by atoms with Gasteiger partial charge in [0, 0.05) is 32.4 Å². The lowest BCUT2D eigenvalue weighted by atomic mass is 10.1. The van der Waals surface area contributed by atoms with Crippen LogP contribution in [-0.2, 0) is 16.0 Å². The molecule has 2 saturated heterocycles. The molecule has 30 heavy (non-hydrogen) atoms. The van der Waals surface area contributed by atoms with Crippen LogP contribution >= 0.6 is 11.6 Å². The number of fused-ring (bicyclic) bond motifs is 1. The van der Waals surface area contributed by atoms with Crippen molar-refractivity contribution in [1.82, 2.24) is 19.2 Å². The van der Waals surface area contributed by atoms with E-state index in [1.807, 2.05) is 34.7 Å². The molecule has 0 N–H and O–H groups in total. The molecule has 0 bridgehead atoms. The minimum atomic E-state index is 0.0253. The van der Waals surface area contributed by atoms with Crippen LogP contribution in [0.1, 0.15) is 48.3 Å². The SMILES string of the molecule is CN(Cc1c(C(=O)N2CCCCCCC2)nc2ccc(Cl)cn12)CC1COCCO1. The molecule has 0 aromatic carbocycles. The van der Waals surface area contributed by atoms with Crippen LogP contribution in [0.15, 0.2) is 18.3 Å². The Labute approximate surface area is 182 Å². The van der Waals surface area contributed by atoms with E-state index in [1.54, 1.807) is 0 Å². The van der Waals surface area contributed by atoms with E-state index in [1.165, 1.54) is 19.3 Å². The number of carbonyl (C=O) groups excluding carboxylic acids is 1. The minimum absolute atomic E-state index is 0.0253. The Hall–Kier alpha value is -1.67. The monoisotopic (exact) mass is 434 g/mol. The number of imidazole rings is 1. The first-order chi connectivity index (χ1) is 14.6. The van der Waals surface area contributed by atoms with Crippen molar-refractivity contribution >= 4 is 23.2 Å². The van der Waals surface area contributed by atoms with E-state index < -0.39 is 0 Å². The van der Waals surface area contributed by atoms with E-state index in [2.05, 4.69) is 4.90 Å². The van der Waals surface area contributed by atoms with Crippen LogP contribution in [0, 0.1) is 0 Å². The van der Waals surface area contributed by atoms with Crippen LogP contribution in [0.25, 0.3) is 5.65 Å². The molecule has 2 aromatic rings. The van der Waals surface area contributed by atoms with Gasteiger partial charge in [0.25, 0.3) is 5.91 Å². The number of carbonyl (C=O) groups is 1. The summed E-state index contributed by atoms with van der Waals surface area (Å²) in [6.07, 6.45) is 7.63. The second kappa shape index (κ2) is 10.1. The number of ether oxygens (including phenoxy) is 2. The molecule has 7 nitrogen and oxygen atoms in total. The van der Waals surface area contributed by atoms with E-state index in [0.29, 0.717) is 37.1 Å². The topological polar surface area (TPSA) is 59.3 Å². The van der Waals surface area contributed by atoms with Crippen LogP contribution in [0.5, 0.6) is 0 Å². The van der Waals surface area contributed by atoms with Gasteiger partial charge in [0.15, 0.2) is 5.69 Å². The first-order valence-corrected chi connectivity index (χ1v) is 11.3. The normalized spacial score (nSPS) is 21.0. The summed E-state index contributed by atoms with van der Waals surface area (Å²) in [7, 11) is 2.03. The molecule has 1 atom stereocenters. The number of pyridine rings is 1. The van der Waals surface area contributed by atoms with Gasteiger partial charge in [0.2, 0.25) is 0 Å². The Morgan fingerprint density at radius 2 is 1.97 bits per heavy atom. The van der Waals surface area contributed by atoms with Crippen molar-refractivity contribution in [1.29, 1.82) is 0 Å². The van der Waals surface area contributed by atoms with Crippen LogP contribution < -0.4 is 0 Å². The zero-order valence-electron chi connectivity index (χ0n) is 17.7. The third kappa shape index (κ3) is 5.14. The fourth-order valence-corrected chi connectivity index (χ4v) is 4.46. The largest absolute Gasteiger partial charge is 0.376 e. The van der Waals surface area contributed by atoms with Gasteiger partial charge >= 0.3 is 0 Å². The number of hydrogen-bond donors (Lipinski definition) is 0. The fraction of sp³-hybridized carbons (Fsp3) is 0.636. The second-order valence-corrected chi connectivity index (χ2v) is 8.74. The molecule has 2 aromatic heterocycles. The Bertz CT molecular complexity index is 857. The number of aromatic nitrogens is 2. The molecule has 4 rings (SSSR count). The third-order valence-corrected chi connectivity index (χ3v) is 6.07. The molecular formula is C22H31ClN4O3. The number of likely N-dealkylation sites (N-methyl/N-ethyl adjacent to an activating group) is 1. The van der Waals surface area contributed by atoms with Gasteiger partial charge in [0.05, 0.1) is 36.6 Å². The van der Waals surface area contributed by atoms with E-state index in [4.69, 9.17) is 26.1 Å². The number of likely N-dealkylation sites (tertiary alicyclic amines) is 1. The van der Waals surface area contributed by atoms with Gasteiger partial charge in [-0.3, -0.25) is 9.69 Å². The van der Waals surface area contributed by atoms with Crippen molar-refractivity contribution in [2.75, 3.05) is 46.5 Å². The van der Waals surface area contributed by atoms with E-state index >= 15 is 0 Å². The van der Waals surface area contributed by atoms with Crippen molar-refractivity contribution in [3.05, 3.63) is 34.7 Å². The van der Waals surface area contributed by atoms with Gasteiger partial charge in [-0.05, 0) is 32.0 Å². The Balaban J connectivity index is 1.59. The number of amides is 1. The third-order valence-electron chi connectivity index (χ3n) is 5.85. The predicted octanol–water partition coefficient (Wildman–Crippen LogP) is 3.24. The molecule has 1 unspecified atom stereocenters. The molecule has 2 fully saturated rings. The maximum Gasteiger partial charge on any atom is 0.274 e. The summed E-state index contributed by atoms with van der Waals surface area (Å²) in [6.45, 7) is 4.79. The summed E-state index contributed by atoms with van der Waals surface area (Å²) in [6, 6.07) is 3.68. The molecule has 2 aliphatic heterocycles. The first-order valence-electron chi connectivity index (χ1n) is 11.0. The molecule has 8 heteroatoms. The molecule has 0 saturated carbocycles. The van der Waals surface area contributed by atoms with Crippen LogP contribution in [0.4, 0.5) is 0 Å². The maximum absolute atomic E-state index is 13.5. The van der Waals surface area contributed by atoms with Gasteiger partial charge in [0.1, 0.15) is 5.65 Å². The highest BCUT2D eigenvalue weighted by Gasteiger charge is 2.26. The summed E-state index contributed by atoms with van der Waals surface area (Å²) in [5.74, 6) is 0.0253. The van der Waals surface area contributed by atoms with Crippen LogP contribution in [0.2, 0.25) is 5.02 Å². The molecule has 0 aliphatic carbocycles. The van der Waals surface area contributed by atoms with Crippen molar-refractivity contribution in [3.8, 4) is 0 Å². The highest BCUT2D eigenvalue weighted by Crippen LogP contribution is 2.21. The van der Waals surface area contributed by atoms with Gasteiger partial charge in [-0.1, -0.05) is 30.9 Å². The fourth-order valence-electron chi connectivity index (χ4n) is 4.30. The zero-order valence-corrected chi connectivity index (χ0v) is 18.4. The molecule has 0 spiro atoms. The number of hydrogen-bond acceptors (Lipinski definition) is 5. The lowest BCUT2D eigenvalue weighted by Crippen LogP contribution is -2.39. The van der Waals surface area contributed by atoms with Gasteiger partial charge in [-0.15, -0.1) is 0 Å². The number of rotatable bonds is 5. The minimum Gasteiger partial charge on any atom is -0.376 e. The lowest BCUT2D eigenvalue weighted by Gasteiger charge is -2.28.